The number of carbonyl (C=O) groups is 1. The zero-order valence-electron chi connectivity index (χ0n) is 16.1. The largest absolute Gasteiger partial charge is 0.387 e. The van der Waals surface area contributed by atoms with Gasteiger partial charge in [-0.05, 0) is 65.6 Å². The van der Waals surface area contributed by atoms with Gasteiger partial charge in [0, 0.05) is 30.2 Å². The number of hydrogen-bond donors (Lipinski definition) is 2. The molecule has 0 aliphatic heterocycles. The van der Waals surface area contributed by atoms with Crippen molar-refractivity contribution in [3.8, 4) is 5.69 Å². The van der Waals surface area contributed by atoms with Crippen LogP contribution in [0.15, 0.2) is 30.3 Å². The minimum absolute atomic E-state index is 0.161. The number of rotatable bonds is 6. The van der Waals surface area contributed by atoms with Crippen LogP contribution in [-0.4, -0.2) is 53.3 Å². The Morgan fingerprint density at radius 3 is 2.52 bits per heavy atom. The summed E-state index contributed by atoms with van der Waals surface area (Å²) in [4.78, 5) is 14.5. The van der Waals surface area contributed by atoms with Crippen LogP contribution in [0.5, 0.6) is 0 Å². The second kappa shape index (κ2) is 7.42. The van der Waals surface area contributed by atoms with Gasteiger partial charge in [0.2, 0.25) is 0 Å². The minimum atomic E-state index is -0.971. The van der Waals surface area contributed by atoms with E-state index in [2.05, 4.69) is 28.9 Å². The van der Waals surface area contributed by atoms with Gasteiger partial charge in [0.25, 0.3) is 5.91 Å². The van der Waals surface area contributed by atoms with Crippen molar-refractivity contribution in [3.05, 3.63) is 52.8 Å². The van der Waals surface area contributed by atoms with Crippen molar-refractivity contribution in [2.24, 2.45) is 0 Å². The summed E-state index contributed by atoms with van der Waals surface area (Å²) < 4.78 is 2.08. The molecule has 0 radical (unpaired) electrons. The summed E-state index contributed by atoms with van der Waals surface area (Å²) in [5.41, 5.74) is 3.80. The van der Waals surface area contributed by atoms with Gasteiger partial charge in [0.15, 0.2) is 0 Å². The van der Waals surface area contributed by atoms with Crippen LogP contribution >= 0.6 is 0 Å². The molecule has 5 heteroatoms. The molecule has 2 rings (SSSR count). The van der Waals surface area contributed by atoms with Crippen molar-refractivity contribution >= 4 is 5.91 Å². The maximum Gasteiger partial charge on any atom is 0.253 e. The Kier molecular flexibility index (Phi) is 5.70. The van der Waals surface area contributed by atoms with Crippen molar-refractivity contribution in [2.45, 2.75) is 33.3 Å². The van der Waals surface area contributed by atoms with Gasteiger partial charge < -0.3 is 19.9 Å². The molecule has 1 aromatic heterocycles. The summed E-state index contributed by atoms with van der Waals surface area (Å²) in [6, 6.07) is 10.1. The Hall–Kier alpha value is -2.11. The summed E-state index contributed by atoms with van der Waals surface area (Å²) in [5, 5.41) is 13.2. The van der Waals surface area contributed by atoms with Crippen molar-refractivity contribution in [1.82, 2.24) is 14.8 Å². The Bertz CT molecular complexity index is 760. The highest BCUT2D eigenvalue weighted by Crippen LogP contribution is 2.21. The van der Waals surface area contributed by atoms with Gasteiger partial charge in [-0.1, -0.05) is 12.1 Å². The summed E-state index contributed by atoms with van der Waals surface area (Å²) in [6.07, 6.45) is 0. The minimum Gasteiger partial charge on any atom is -0.387 e. The van der Waals surface area contributed by atoms with Crippen molar-refractivity contribution in [1.29, 1.82) is 0 Å². The lowest BCUT2D eigenvalue weighted by Gasteiger charge is -2.27. The zero-order valence-corrected chi connectivity index (χ0v) is 16.1. The molecule has 1 unspecified atom stereocenters. The van der Waals surface area contributed by atoms with Gasteiger partial charge in [0.1, 0.15) is 0 Å². The Balaban J connectivity index is 2.21. The number of aryl methyl sites for hydroxylation is 2. The fourth-order valence-corrected chi connectivity index (χ4v) is 3.26. The predicted molar refractivity (Wildman–Crippen MR) is 101 cm³/mol. The fourth-order valence-electron chi connectivity index (χ4n) is 3.26. The van der Waals surface area contributed by atoms with Crippen molar-refractivity contribution in [3.63, 3.8) is 0 Å². The van der Waals surface area contributed by atoms with Gasteiger partial charge in [-0.2, -0.15) is 0 Å². The summed E-state index contributed by atoms with van der Waals surface area (Å²) >= 11 is 0. The lowest BCUT2D eigenvalue weighted by molar-refractivity contribution is 0.0326. The molecule has 2 aromatic rings. The fraction of sp³-hybridized carbons (Fsp3) is 0.450. The molecule has 2 N–H and O–H groups in total. The summed E-state index contributed by atoms with van der Waals surface area (Å²) in [6.45, 7) is 8.41. The van der Waals surface area contributed by atoms with E-state index < -0.39 is 5.60 Å². The predicted octanol–water partition coefficient (Wildman–Crippen LogP) is 2.44. The third-order valence-corrected chi connectivity index (χ3v) is 4.22. The quantitative estimate of drug-likeness (QED) is 0.847. The monoisotopic (exact) mass is 343 g/mol. The van der Waals surface area contributed by atoms with E-state index in [1.54, 1.807) is 6.92 Å². The molecule has 1 amide bonds. The number of hydrogen-bond acceptors (Lipinski definition) is 3. The van der Waals surface area contributed by atoms with E-state index >= 15 is 0 Å². The molecule has 0 bridgehead atoms. The second-order valence-electron chi connectivity index (χ2n) is 7.38. The van der Waals surface area contributed by atoms with Gasteiger partial charge in [-0.3, -0.25) is 4.79 Å². The number of aliphatic hydroxyl groups is 1. The van der Waals surface area contributed by atoms with E-state index in [1.165, 1.54) is 5.56 Å². The molecule has 25 heavy (non-hydrogen) atoms. The maximum absolute atomic E-state index is 12.6. The average molecular weight is 343 g/mol. The second-order valence-corrected chi connectivity index (χ2v) is 7.38. The van der Waals surface area contributed by atoms with Crippen LogP contribution in [-0.2, 0) is 0 Å². The third-order valence-electron chi connectivity index (χ3n) is 4.22. The number of likely N-dealkylation sites (N-methyl/N-ethyl adjacent to an activating group) is 1. The molecule has 0 saturated heterocycles. The van der Waals surface area contributed by atoms with E-state index in [4.69, 9.17) is 0 Å². The van der Waals surface area contributed by atoms with Gasteiger partial charge in [-0.15, -0.1) is 0 Å². The Morgan fingerprint density at radius 1 is 1.24 bits per heavy atom. The van der Waals surface area contributed by atoms with Gasteiger partial charge in [-0.25, -0.2) is 0 Å². The van der Waals surface area contributed by atoms with E-state index in [-0.39, 0.29) is 12.5 Å². The average Bonchev–Trinajstić information content (AvgIpc) is 2.78. The molecule has 1 aromatic carbocycles. The summed E-state index contributed by atoms with van der Waals surface area (Å²) in [7, 11) is 3.79. The number of aromatic nitrogens is 1. The molecule has 0 saturated carbocycles. The van der Waals surface area contributed by atoms with Crippen molar-refractivity contribution in [2.75, 3.05) is 27.2 Å². The lowest BCUT2D eigenvalue weighted by Crippen LogP contribution is -2.47. The molecular weight excluding hydrogens is 314 g/mol. The van der Waals surface area contributed by atoms with Crippen LogP contribution in [0, 0.1) is 20.8 Å². The molecule has 1 heterocycles. The number of amides is 1. The molecule has 5 nitrogen and oxygen atoms in total. The van der Waals surface area contributed by atoms with Crippen LogP contribution in [0.25, 0.3) is 5.69 Å². The standard InChI is InChI=1S/C20H29N3O2/c1-14-8-7-9-17(10-14)23-15(2)11-18(16(23)3)19(24)21-12-20(4,25)13-22(5)6/h7-11,25H,12-13H2,1-6H3,(H,21,24). The number of nitrogens with one attached hydrogen (secondary N) is 1. The number of nitrogens with zero attached hydrogens (tertiary/aromatic N) is 2. The highest BCUT2D eigenvalue weighted by atomic mass is 16.3. The first-order chi connectivity index (χ1) is 11.6. The third kappa shape index (κ3) is 4.71. The van der Waals surface area contributed by atoms with Gasteiger partial charge >= 0.3 is 0 Å². The Morgan fingerprint density at radius 2 is 1.92 bits per heavy atom. The first kappa shape index (κ1) is 19.2. The van der Waals surface area contributed by atoms with Crippen LogP contribution in [0.4, 0.5) is 0 Å². The van der Waals surface area contributed by atoms with E-state index in [1.807, 2.05) is 51.0 Å². The van der Waals surface area contributed by atoms with E-state index in [9.17, 15) is 9.90 Å². The first-order valence-electron chi connectivity index (χ1n) is 8.52. The summed E-state index contributed by atoms with van der Waals surface area (Å²) in [5.74, 6) is -0.161. The molecule has 136 valence electrons. The molecule has 0 fully saturated rings. The topological polar surface area (TPSA) is 57.5 Å². The smallest absolute Gasteiger partial charge is 0.253 e. The maximum atomic E-state index is 12.6. The molecular formula is C20H29N3O2. The van der Waals surface area contributed by atoms with Crippen LogP contribution in [0.2, 0.25) is 0 Å². The number of benzene rings is 1. The van der Waals surface area contributed by atoms with E-state index in [0.717, 1.165) is 17.1 Å². The highest BCUT2D eigenvalue weighted by Gasteiger charge is 2.24. The van der Waals surface area contributed by atoms with Crippen LogP contribution in [0.1, 0.15) is 34.2 Å². The highest BCUT2D eigenvalue weighted by molar-refractivity contribution is 5.96. The SMILES string of the molecule is Cc1cccc(-n2c(C)cc(C(=O)NCC(C)(O)CN(C)C)c2C)c1. The molecule has 1 atom stereocenters. The molecule has 0 aliphatic rings. The zero-order chi connectivity index (χ0) is 18.8. The lowest BCUT2D eigenvalue weighted by atomic mass is 10.1. The molecule has 0 aliphatic carbocycles. The van der Waals surface area contributed by atoms with E-state index in [0.29, 0.717) is 12.1 Å². The van der Waals surface area contributed by atoms with Crippen molar-refractivity contribution < 1.29 is 9.90 Å². The first-order valence-corrected chi connectivity index (χ1v) is 8.52. The normalized spacial score (nSPS) is 13.8. The Labute approximate surface area is 150 Å². The van der Waals surface area contributed by atoms with Gasteiger partial charge in [0.05, 0.1) is 11.2 Å². The molecule has 0 spiro atoms. The number of carbonyl (C=O) groups excluding carboxylic acids is 1. The van der Waals surface area contributed by atoms with Crippen LogP contribution < -0.4 is 5.32 Å². The van der Waals surface area contributed by atoms with Crippen LogP contribution in [0.3, 0.4) is 0 Å².